The Kier molecular flexibility index (Phi) is 6.42. The normalized spacial score (nSPS) is 18.9. The summed E-state index contributed by atoms with van der Waals surface area (Å²) in [6.07, 6.45) is 7.24. The van der Waals surface area contributed by atoms with Crippen molar-refractivity contribution in [3.8, 4) is 11.5 Å². The van der Waals surface area contributed by atoms with E-state index in [1.54, 1.807) is 6.92 Å². The predicted molar refractivity (Wildman–Crippen MR) is 107 cm³/mol. The number of fused-ring (bicyclic) bond motifs is 1. The van der Waals surface area contributed by atoms with Crippen molar-refractivity contribution in [2.45, 2.75) is 103 Å². The van der Waals surface area contributed by atoms with Crippen LogP contribution >= 0.6 is 0 Å². The molecular weight excluding hydrogens is 324 g/mol. The maximum absolute atomic E-state index is 11.7. The van der Waals surface area contributed by atoms with Crippen LogP contribution in [0.3, 0.4) is 0 Å². The van der Waals surface area contributed by atoms with E-state index in [0.29, 0.717) is 6.42 Å². The van der Waals surface area contributed by atoms with Gasteiger partial charge in [-0.25, -0.2) is 0 Å². The molecule has 26 heavy (non-hydrogen) atoms. The molecule has 3 heteroatoms. The molecule has 1 atom stereocenters. The van der Waals surface area contributed by atoms with Crippen LogP contribution in [0.15, 0.2) is 12.1 Å². The van der Waals surface area contributed by atoms with Gasteiger partial charge in [-0.3, -0.25) is 0 Å². The molecule has 0 bridgehead atoms. The second-order valence-electron chi connectivity index (χ2n) is 9.27. The Hall–Kier alpha value is -1.51. The van der Waals surface area contributed by atoms with Crippen LogP contribution < -0.4 is 4.74 Å². The van der Waals surface area contributed by atoms with Gasteiger partial charge >= 0.3 is 0 Å². The van der Waals surface area contributed by atoms with Crippen molar-refractivity contribution in [2.24, 2.45) is 0 Å². The Morgan fingerprint density at radius 2 is 1.96 bits per heavy atom. The van der Waals surface area contributed by atoms with Crippen LogP contribution in [0.1, 0.15) is 104 Å². The molecule has 1 aromatic carbocycles. The maximum atomic E-state index is 11.7. The number of rotatable bonds is 8. The number of ketones is 1. The summed E-state index contributed by atoms with van der Waals surface area (Å²) in [6.45, 7) is 12.4. The zero-order valence-electron chi connectivity index (χ0n) is 17.4. The van der Waals surface area contributed by atoms with Crippen molar-refractivity contribution < 1.29 is 14.6 Å². The molecule has 3 nitrogen and oxygen atoms in total. The third-order valence-corrected chi connectivity index (χ3v) is 5.62. The number of unbranched alkanes of at least 4 members (excludes halogenated alkanes) is 3. The number of hydrogen-bond donors (Lipinski definition) is 1. The number of benzene rings is 1. The number of carbonyl (C=O) groups is 1. The fourth-order valence-corrected chi connectivity index (χ4v) is 4.19. The van der Waals surface area contributed by atoms with Crippen LogP contribution in [0.25, 0.3) is 0 Å². The van der Waals surface area contributed by atoms with Crippen molar-refractivity contribution in [1.29, 1.82) is 0 Å². The predicted octanol–water partition coefficient (Wildman–Crippen LogP) is 6.26. The average molecular weight is 361 g/mol. The van der Waals surface area contributed by atoms with Gasteiger partial charge in [0.1, 0.15) is 22.9 Å². The summed E-state index contributed by atoms with van der Waals surface area (Å²) in [5.41, 5.74) is 1.58. The molecule has 0 saturated heterocycles. The molecule has 1 N–H and O–H groups in total. The molecule has 0 aromatic heterocycles. The van der Waals surface area contributed by atoms with Crippen LogP contribution in [0, 0.1) is 0 Å². The van der Waals surface area contributed by atoms with E-state index in [9.17, 15) is 9.90 Å². The smallest absolute Gasteiger partial charge is 0.130 e. The Bertz CT molecular complexity index is 643. The highest BCUT2D eigenvalue weighted by Crippen LogP contribution is 2.48. The number of aromatic hydroxyl groups is 1. The lowest BCUT2D eigenvalue weighted by molar-refractivity contribution is -0.117. The molecule has 0 aliphatic carbocycles. The van der Waals surface area contributed by atoms with Gasteiger partial charge in [0, 0.05) is 17.9 Å². The second kappa shape index (κ2) is 8.02. The minimum atomic E-state index is -0.330. The van der Waals surface area contributed by atoms with E-state index in [1.807, 2.05) is 6.07 Å². The van der Waals surface area contributed by atoms with E-state index >= 15 is 0 Å². The van der Waals surface area contributed by atoms with Gasteiger partial charge in [-0.05, 0) is 56.7 Å². The van der Waals surface area contributed by atoms with E-state index in [-0.39, 0.29) is 28.5 Å². The first-order valence-corrected chi connectivity index (χ1v) is 10.1. The number of carbonyl (C=O) groups excluding carboxylic acids is 1. The van der Waals surface area contributed by atoms with Crippen molar-refractivity contribution in [3.63, 3.8) is 0 Å². The minimum Gasteiger partial charge on any atom is -0.508 e. The van der Waals surface area contributed by atoms with E-state index in [2.05, 4.69) is 40.7 Å². The molecule has 1 unspecified atom stereocenters. The van der Waals surface area contributed by atoms with Gasteiger partial charge in [0.05, 0.1) is 0 Å². The fourth-order valence-electron chi connectivity index (χ4n) is 4.19. The molecule has 0 radical (unpaired) electrons. The molecule has 0 amide bonds. The number of hydrogen-bond acceptors (Lipinski definition) is 3. The van der Waals surface area contributed by atoms with Gasteiger partial charge in [-0.1, -0.05) is 46.5 Å². The summed E-state index contributed by atoms with van der Waals surface area (Å²) < 4.78 is 6.22. The number of phenols is 1. The summed E-state index contributed by atoms with van der Waals surface area (Å²) in [6, 6.07) is 4.00. The number of ether oxygens (including phenoxy) is 1. The molecular formula is C23H36O3. The van der Waals surface area contributed by atoms with E-state index in [1.165, 1.54) is 25.7 Å². The molecule has 1 heterocycles. The van der Waals surface area contributed by atoms with Gasteiger partial charge in [0.25, 0.3) is 0 Å². The van der Waals surface area contributed by atoms with Crippen molar-refractivity contribution in [1.82, 2.24) is 0 Å². The van der Waals surface area contributed by atoms with Gasteiger partial charge < -0.3 is 14.6 Å². The second-order valence-corrected chi connectivity index (χ2v) is 9.27. The quantitative estimate of drug-likeness (QED) is 0.556. The van der Waals surface area contributed by atoms with Crippen molar-refractivity contribution in [3.05, 3.63) is 23.3 Å². The van der Waals surface area contributed by atoms with Gasteiger partial charge in [-0.2, -0.15) is 0 Å². The lowest BCUT2D eigenvalue weighted by atomic mass is 9.76. The van der Waals surface area contributed by atoms with Crippen LogP contribution in [-0.2, 0) is 10.2 Å². The average Bonchev–Trinajstić information content (AvgIpc) is 2.49. The summed E-state index contributed by atoms with van der Waals surface area (Å²) in [7, 11) is 0. The minimum absolute atomic E-state index is 0.0126. The first kappa shape index (κ1) is 20.8. The number of phenolic OH excluding ortho intramolecular Hbond substituents is 1. The number of Topliss-reactive ketones (excluding diaryl/α,β-unsaturated/α-hetero) is 1. The highest BCUT2D eigenvalue weighted by molar-refractivity contribution is 5.77. The van der Waals surface area contributed by atoms with Gasteiger partial charge in [0.2, 0.25) is 0 Å². The maximum Gasteiger partial charge on any atom is 0.130 e. The zero-order chi connectivity index (χ0) is 19.5. The molecule has 1 aliphatic rings. The third-order valence-electron chi connectivity index (χ3n) is 5.62. The molecule has 1 aromatic rings. The SMILES string of the molecule is CCCCCCC(C)(C)c1cc(O)c2c(c1)OC(C)(C)CC2CC(C)=O. The van der Waals surface area contributed by atoms with Gasteiger partial charge in [0.15, 0.2) is 0 Å². The molecule has 146 valence electrons. The summed E-state index contributed by atoms with van der Waals surface area (Å²) in [5.74, 6) is 1.20. The van der Waals surface area contributed by atoms with Crippen LogP contribution in [-0.4, -0.2) is 16.5 Å². The Morgan fingerprint density at radius 3 is 2.58 bits per heavy atom. The van der Waals surface area contributed by atoms with Crippen LogP contribution in [0.4, 0.5) is 0 Å². The third kappa shape index (κ3) is 5.02. The zero-order valence-corrected chi connectivity index (χ0v) is 17.4. The fraction of sp³-hybridized carbons (Fsp3) is 0.696. The van der Waals surface area contributed by atoms with Crippen LogP contribution in [0.5, 0.6) is 11.5 Å². The lowest BCUT2D eigenvalue weighted by Gasteiger charge is -2.39. The van der Waals surface area contributed by atoms with Crippen LogP contribution in [0.2, 0.25) is 0 Å². The highest BCUT2D eigenvalue weighted by Gasteiger charge is 2.37. The van der Waals surface area contributed by atoms with E-state index in [0.717, 1.165) is 29.7 Å². The summed E-state index contributed by atoms with van der Waals surface area (Å²) >= 11 is 0. The molecule has 0 spiro atoms. The molecule has 2 rings (SSSR count). The first-order chi connectivity index (χ1) is 12.1. The van der Waals surface area contributed by atoms with E-state index < -0.39 is 0 Å². The standard InChI is InChI=1S/C23H36O3/c1-7-8-9-10-11-22(3,4)18-13-19(25)21-17(12-16(2)24)15-23(5,6)26-20(21)14-18/h13-14,17,25H,7-12,15H2,1-6H3. The summed E-state index contributed by atoms with van der Waals surface area (Å²) in [4.78, 5) is 11.7. The largest absolute Gasteiger partial charge is 0.508 e. The first-order valence-electron chi connectivity index (χ1n) is 10.1. The van der Waals surface area contributed by atoms with E-state index in [4.69, 9.17) is 4.74 Å². The highest BCUT2D eigenvalue weighted by atomic mass is 16.5. The molecule has 0 saturated carbocycles. The monoisotopic (exact) mass is 360 g/mol. The Balaban J connectivity index is 2.33. The topological polar surface area (TPSA) is 46.5 Å². The molecule has 0 fully saturated rings. The Labute approximate surface area is 159 Å². The van der Waals surface area contributed by atoms with Gasteiger partial charge in [-0.15, -0.1) is 0 Å². The Morgan fingerprint density at radius 1 is 1.27 bits per heavy atom. The lowest BCUT2D eigenvalue weighted by Crippen LogP contribution is -2.35. The molecule has 1 aliphatic heterocycles. The van der Waals surface area contributed by atoms with Crippen molar-refractivity contribution in [2.75, 3.05) is 0 Å². The van der Waals surface area contributed by atoms with Crippen molar-refractivity contribution >= 4 is 5.78 Å². The summed E-state index contributed by atoms with van der Waals surface area (Å²) in [5, 5.41) is 10.8.